The Bertz CT molecular complexity index is 455. The summed E-state index contributed by atoms with van der Waals surface area (Å²) in [5.74, 6) is 0.924. The lowest BCUT2D eigenvalue weighted by atomic mass is 10.0. The molecule has 112 valence electrons. The van der Waals surface area contributed by atoms with E-state index in [1.807, 2.05) is 12.1 Å². The number of rotatable bonds is 6. The van der Waals surface area contributed by atoms with Crippen molar-refractivity contribution < 1.29 is 18.9 Å². The quantitative estimate of drug-likeness (QED) is 0.790. The maximum Gasteiger partial charge on any atom is 0.172 e. The highest BCUT2D eigenvalue weighted by atomic mass is 79.9. The van der Waals surface area contributed by atoms with Crippen molar-refractivity contribution in [2.45, 2.75) is 32.0 Å². The van der Waals surface area contributed by atoms with Crippen LogP contribution >= 0.6 is 15.9 Å². The molecular weight excluding hydrogens is 324 g/mol. The van der Waals surface area contributed by atoms with Gasteiger partial charge in [0, 0.05) is 17.3 Å². The van der Waals surface area contributed by atoms with Crippen molar-refractivity contribution in [1.29, 1.82) is 0 Å². The van der Waals surface area contributed by atoms with Crippen LogP contribution in [0, 0.1) is 0 Å². The topological polar surface area (TPSA) is 36.9 Å². The molecule has 4 nitrogen and oxygen atoms in total. The highest BCUT2D eigenvalue weighted by molar-refractivity contribution is 9.10. The molecule has 0 atom stereocenters. The van der Waals surface area contributed by atoms with E-state index in [0.29, 0.717) is 25.4 Å². The van der Waals surface area contributed by atoms with Gasteiger partial charge in [0.1, 0.15) is 0 Å². The Morgan fingerprint density at radius 1 is 1.15 bits per heavy atom. The lowest BCUT2D eigenvalue weighted by Crippen LogP contribution is -2.32. The smallest absolute Gasteiger partial charge is 0.172 e. The molecule has 1 aliphatic heterocycles. The van der Waals surface area contributed by atoms with E-state index in [9.17, 15) is 0 Å². The molecule has 0 N–H and O–H groups in total. The van der Waals surface area contributed by atoms with Gasteiger partial charge in [-0.1, -0.05) is 29.3 Å². The molecule has 1 saturated heterocycles. The zero-order valence-electron chi connectivity index (χ0n) is 12.2. The molecule has 0 aliphatic carbocycles. The maximum absolute atomic E-state index is 5.85. The number of hydrogen-bond donors (Lipinski definition) is 0. The predicted octanol–water partition coefficient (Wildman–Crippen LogP) is 3.55. The van der Waals surface area contributed by atoms with E-state index in [0.717, 1.165) is 28.6 Å². The van der Waals surface area contributed by atoms with Crippen molar-refractivity contribution in [3.05, 3.63) is 22.2 Å². The molecule has 2 rings (SSSR count). The third kappa shape index (κ3) is 3.27. The monoisotopic (exact) mass is 344 g/mol. The molecule has 0 saturated carbocycles. The van der Waals surface area contributed by atoms with Crippen LogP contribution in [0.15, 0.2) is 16.6 Å². The Kier molecular flexibility index (Phi) is 5.29. The number of benzene rings is 1. The van der Waals surface area contributed by atoms with Gasteiger partial charge >= 0.3 is 0 Å². The summed E-state index contributed by atoms with van der Waals surface area (Å²) in [7, 11) is 3.27. The second kappa shape index (κ2) is 6.78. The predicted molar refractivity (Wildman–Crippen MR) is 80.5 cm³/mol. The summed E-state index contributed by atoms with van der Waals surface area (Å²) in [6.45, 7) is 3.45. The van der Waals surface area contributed by atoms with Crippen LogP contribution in [0.5, 0.6) is 11.5 Å². The Hall–Kier alpha value is -0.780. The first-order chi connectivity index (χ1) is 9.64. The van der Waals surface area contributed by atoms with Gasteiger partial charge in [-0.25, -0.2) is 0 Å². The molecule has 0 amide bonds. The van der Waals surface area contributed by atoms with E-state index in [1.165, 1.54) is 0 Å². The largest absolute Gasteiger partial charge is 0.493 e. The molecule has 0 unspecified atom stereocenters. The van der Waals surface area contributed by atoms with Crippen LogP contribution in [-0.2, 0) is 15.9 Å². The fraction of sp³-hybridized carbons (Fsp3) is 0.600. The van der Waals surface area contributed by atoms with Crippen molar-refractivity contribution in [3.63, 3.8) is 0 Å². The van der Waals surface area contributed by atoms with Crippen molar-refractivity contribution >= 4 is 15.9 Å². The van der Waals surface area contributed by atoms with E-state index in [1.54, 1.807) is 14.2 Å². The van der Waals surface area contributed by atoms with E-state index in [-0.39, 0.29) is 0 Å². The molecule has 1 heterocycles. The van der Waals surface area contributed by atoms with Gasteiger partial charge in [0.05, 0.1) is 27.4 Å². The lowest BCUT2D eigenvalue weighted by Gasteiger charge is -2.28. The van der Waals surface area contributed by atoms with Crippen molar-refractivity contribution in [3.8, 4) is 11.5 Å². The molecule has 0 aromatic heterocycles. The average Bonchev–Trinajstić information content (AvgIpc) is 2.89. The van der Waals surface area contributed by atoms with Gasteiger partial charge in [-0.2, -0.15) is 0 Å². The minimum absolute atomic E-state index is 0.503. The van der Waals surface area contributed by atoms with Crippen molar-refractivity contribution in [2.24, 2.45) is 0 Å². The molecule has 1 aliphatic rings. The summed E-state index contributed by atoms with van der Waals surface area (Å²) >= 11 is 3.59. The summed E-state index contributed by atoms with van der Waals surface area (Å²) in [6.07, 6.45) is 2.60. The summed E-state index contributed by atoms with van der Waals surface area (Å²) in [6, 6.07) is 3.90. The minimum Gasteiger partial charge on any atom is -0.493 e. The van der Waals surface area contributed by atoms with E-state index >= 15 is 0 Å². The normalized spacial score (nSPS) is 17.2. The van der Waals surface area contributed by atoms with Crippen LogP contribution in [0.3, 0.4) is 0 Å². The summed E-state index contributed by atoms with van der Waals surface area (Å²) in [5.41, 5.74) is 1.10. The van der Waals surface area contributed by atoms with Gasteiger partial charge in [0.25, 0.3) is 0 Å². The fourth-order valence-electron chi connectivity index (χ4n) is 2.53. The SMILES string of the molecule is CCCC1(Cc2cc(OC)c(OC)cc2Br)OCCO1. The Balaban J connectivity index is 2.27. The number of methoxy groups -OCH3 is 2. The van der Waals surface area contributed by atoms with Gasteiger partial charge in [0.15, 0.2) is 17.3 Å². The van der Waals surface area contributed by atoms with Gasteiger partial charge in [-0.15, -0.1) is 0 Å². The highest BCUT2D eigenvalue weighted by Crippen LogP contribution is 2.37. The average molecular weight is 345 g/mol. The molecule has 0 spiro atoms. The fourth-order valence-corrected chi connectivity index (χ4v) is 3.00. The van der Waals surface area contributed by atoms with Gasteiger partial charge < -0.3 is 18.9 Å². The highest BCUT2D eigenvalue weighted by Gasteiger charge is 2.36. The maximum atomic E-state index is 5.85. The molecular formula is C15H21BrO4. The van der Waals surface area contributed by atoms with Gasteiger partial charge in [-0.05, 0) is 17.7 Å². The van der Waals surface area contributed by atoms with Gasteiger partial charge in [-0.3, -0.25) is 0 Å². The van der Waals surface area contributed by atoms with E-state index in [2.05, 4.69) is 22.9 Å². The Morgan fingerprint density at radius 2 is 1.75 bits per heavy atom. The zero-order chi connectivity index (χ0) is 14.6. The molecule has 1 fully saturated rings. The number of halogens is 1. The molecule has 1 aromatic carbocycles. The Labute approximate surface area is 128 Å². The third-order valence-electron chi connectivity index (χ3n) is 3.46. The summed E-state index contributed by atoms with van der Waals surface area (Å²) in [4.78, 5) is 0. The molecule has 5 heteroatoms. The van der Waals surface area contributed by atoms with Gasteiger partial charge in [0.2, 0.25) is 0 Å². The summed E-state index contributed by atoms with van der Waals surface area (Å²) in [5, 5.41) is 0. The second-order valence-electron chi connectivity index (χ2n) is 4.83. The first-order valence-electron chi connectivity index (χ1n) is 6.82. The number of ether oxygens (including phenoxy) is 4. The van der Waals surface area contributed by atoms with Crippen LogP contribution in [0.1, 0.15) is 25.3 Å². The first kappa shape index (κ1) is 15.6. The van der Waals surface area contributed by atoms with Crippen molar-refractivity contribution in [2.75, 3.05) is 27.4 Å². The molecule has 20 heavy (non-hydrogen) atoms. The zero-order valence-corrected chi connectivity index (χ0v) is 13.8. The van der Waals surface area contributed by atoms with Crippen LogP contribution < -0.4 is 9.47 Å². The van der Waals surface area contributed by atoms with E-state index < -0.39 is 5.79 Å². The first-order valence-corrected chi connectivity index (χ1v) is 7.61. The summed E-state index contributed by atoms with van der Waals surface area (Å²) < 4.78 is 23.3. The second-order valence-corrected chi connectivity index (χ2v) is 5.69. The molecule has 1 aromatic rings. The molecule has 0 bridgehead atoms. The Morgan fingerprint density at radius 3 is 2.30 bits per heavy atom. The van der Waals surface area contributed by atoms with Crippen LogP contribution in [0.2, 0.25) is 0 Å². The standard InChI is InChI=1S/C15H21BrO4/c1-4-5-15(19-6-7-20-15)10-11-8-13(17-2)14(18-3)9-12(11)16/h8-9H,4-7,10H2,1-3H3. The van der Waals surface area contributed by atoms with E-state index in [4.69, 9.17) is 18.9 Å². The number of hydrogen-bond acceptors (Lipinski definition) is 4. The molecule has 0 radical (unpaired) electrons. The third-order valence-corrected chi connectivity index (χ3v) is 4.20. The minimum atomic E-state index is -0.503. The van der Waals surface area contributed by atoms with Crippen LogP contribution in [0.4, 0.5) is 0 Å². The van der Waals surface area contributed by atoms with Crippen LogP contribution in [0.25, 0.3) is 0 Å². The lowest BCUT2D eigenvalue weighted by molar-refractivity contribution is -0.161. The van der Waals surface area contributed by atoms with Crippen LogP contribution in [-0.4, -0.2) is 33.2 Å². The van der Waals surface area contributed by atoms with Crippen molar-refractivity contribution in [1.82, 2.24) is 0 Å².